The first kappa shape index (κ1) is 13.9. The fourth-order valence-corrected chi connectivity index (χ4v) is 1.95. The second-order valence-corrected chi connectivity index (χ2v) is 6.14. The lowest BCUT2D eigenvalue weighted by Crippen LogP contribution is -2.16. The fraction of sp³-hybridized carbons (Fsp3) is 0.500. The molecule has 0 radical (unpaired) electrons. The Bertz CT molecular complexity index is 802. The van der Waals surface area contributed by atoms with E-state index < -0.39 is 0 Å². The van der Waals surface area contributed by atoms with Crippen molar-refractivity contribution in [2.24, 2.45) is 0 Å². The van der Waals surface area contributed by atoms with Crippen LogP contribution in [0.3, 0.4) is 0 Å². The second-order valence-electron chi connectivity index (χ2n) is 5.79. The average Bonchev–Trinajstić information content (AvgIpc) is 2.96. The lowest BCUT2D eigenvalue weighted by atomic mass is 9.96. The smallest absolute Gasteiger partial charge is 0.206 e. The Balaban J connectivity index is 2.04. The molecule has 3 aromatic rings. The van der Waals surface area contributed by atoms with Crippen LogP contribution in [0.25, 0.3) is 11.2 Å². The number of nitrogens with zero attached hydrogens (tertiary/aromatic N) is 7. The molecule has 0 aromatic carbocycles. The molecule has 9 heteroatoms. The summed E-state index contributed by atoms with van der Waals surface area (Å²) in [5, 5.41) is 16.4. The summed E-state index contributed by atoms with van der Waals surface area (Å²) in [5.74, 6) is 0.631. The summed E-state index contributed by atoms with van der Waals surface area (Å²) < 4.78 is 4.66. The quantitative estimate of drug-likeness (QED) is 0.667. The fourth-order valence-electron chi connectivity index (χ4n) is 1.75. The third kappa shape index (κ3) is 2.58. The molecule has 0 amide bonds. The summed E-state index contributed by atoms with van der Waals surface area (Å²) in [7, 11) is 0. The third-order valence-electron chi connectivity index (χ3n) is 2.96. The van der Waals surface area contributed by atoms with Crippen LogP contribution in [0.5, 0.6) is 0 Å². The van der Waals surface area contributed by atoms with E-state index in [1.807, 2.05) is 20.8 Å². The highest BCUT2D eigenvalue weighted by Gasteiger charge is 2.21. The second kappa shape index (κ2) is 4.73. The van der Waals surface area contributed by atoms with Gasteiger partial charge in [-0.2, -0.15) is 4.80 Å². The lowest BCUT2D eigenvalue weighted by molar-refractivity contribution is 0.299. The summed E-state index contributed by atoms with van der Waals surface area (Å²) in [6.45, 7) is 8.18. The zero-order chi connectivity index (χ0) is 15.2. The van der Waals surface area contributed by atoms with Crippen LogP contribution in [-0.2, 0) is 12.0 Å². The summed E-state index contributed by atoms with van der Waals surface area (Å²) in [5.41, 5.74) is 2.08. The van der Waals surface area contributed by atoms with Crippen molar-refractivity contribution in [1.29, 1.82) is 0 Å². The monoisotopic (exact) mass is 307 g/mol. The van der Waals surface area contributed by atoms with Crippen LogP contribution in [0.4, 0.5) is 0 Å². The summed E-state index contributed by atoms with van der Waals surface area (Å²) in [6, 6.07) is 0. The first-order chi connectivity index (χ1) is 9.84. The van der Waals surface area contributed by atoms with Crippen molar-refractivity contribution in [1.82, 2.24) is 35.3 Å². The molecule has 0 saturated heterocycles. The minimum atomic E-state index is -0.214. The van der Waals surface area contributed by atoms with Crippen molar-refractivity contribution in [3.05, 3.63) is 22.4 Å². The number of hydrogen-bond acceptors (Lipinski definition) is 7. The van der Waals surface area contributed by atoms with E-state index in [2.05, 4.69) is 35.1 Å². The van der Waals surface area contributed by atoms with Gasteiger partial charge in [0.05, 0.1) is 0 Å². The Hall–Kier alpha value is -2.09. The molecule has 3 rings (SSSR count). The third-order valence-corrected chi connectivity index (χ3v) is 3.22. The Morgan fingerprint density at radius 2 is 1.90 bits per heavy atom. The molecule has 0 unspecified atom stereocenters. The SMILES string of the molecule is Cc1nonc1Cn1nc2nc(C(C)(C)C)nc(Cl)c2n1. The summed E-state index contributed by atoms with van der Waals surface area (Å²) >= 11 is 6.18. The van der Waals surface area contributed by atoms with Gasteiger partial charge in [-0.1, -0.05) is 42.7 Å². The Kier molecular flexibility index (Phi) is 3.12. The molecule has 0 fully saturated rings. The number of fused-ring (bicyclic) bond motifs is 1. The molecule has 3 aromatic heterocycles. The van der Waals surface area contributed by atoms with E-state index in [9.17, 15) is 0 Å². The molecular weight excluding hydrogens is 294 g/mol. The number of aryl methyl sites for hydroxylation is 1. The maximum Gasteiger partial charge on any atom is 0.206 e. The van der Waals surface area contributed by atoms with E-state index in [1.54, 1.807) is 6.92 Å². The molecule has 0 N–H and O–H groups in total. The number of aromatic nitrogens is 7. The maximum atomic E-state index is 6.18. The summed E-state index contributed by atoms with van der Waals surface area (Å²) in [4.78, 5) is 10.2. The Labute approximate surface area is 125 Å². The minimum Gasteiger partial charge on any atom is -0.244 e. The van der Waals surface area contributed by atoms with Crippen LogP contribution in [0.1, 0.15) is 38.0 Å². The number of halogens is 1. The molecule has 21 heavy (non-hydrogen) atoms. The number of rotatable bonds is 2. The van der Waals surface area contributed by atoms with E-state index >= 15 is 0 Å². The van der Waals surface area contributed by atoms with Crippen molar-refractivity contribution in [3.8, 4) is 0 Å². The molecule has 3 heterocycles. The van der Waals surface area contributed by atoms with Gasteiger partial charge in [0.15, 0.2) is 10.7 Å². The van der Waals surface area contributed by atoms with Gasteiger partial charge in [-0.25, -0.2) is 14.6 Å². The van der Waals surface area contributed by atoms with Gasteiger partial charge in [-0.05, 0) is 6.92 Å². The molecule has 0 atom stereocenters. The highest BCUT2D eigenvalue weighted by molar-refractivity contribution is 6.33. The van der Waals surface area contributed by atoms with Gasteiger partial charge >= 0.3 is 0 Å². The molecule has 0 saturated carbocycles. The van der Waals surface area contributed by atoms with Crippen LogP contribution in [0.15, 0.2) is 4.63 Å². The summed E-state index contributed by atoms with van der Waals surface area (Å²) in [6.07, 6.45) is 0. The van der Waals surface area contributed by atoms with Gasteiger partial charge in [-0.15, -0.1) is 10.2 Å². The van der Waals surface area contributed by atoms with E-state index in [4.69, 9.17) is 11.6 Å². The van der Waals surface area contributed by atoms with E-state index in [0.29, 0.717) is 40.1 Å². The Morgan fingerprint density at radius 3 is 2.52 bits per heavy atom. The molecule has 0 aliphatic carbocycles. The largest absolute Gasteiger partial charge is 0.244 e. The first-order valence-corrected chi connectivity index (χ1v) is 6.79. The van der Waals surface area contributed by atoms with Crippen molar-refractivity contribution in [2.75, 3.05) is 0 Å². The predicted octanol–water partition coefficient (Wildman–Crippen LogP) is 1.91. The van der Waals surface area contributed by atoms with Crippen LogP contribution < -0.4 is 0 Å². The van der Waals surface area contributed by atoms with Crippen molar-refractivity contribution >= 4 is 22.8 Å². The maximum absolute atomic E-state index is 6.18. The average molecular weight is 308 g/mol. The molecule has 8 nitrogen and oxygen atoms in total. The number of hydrogen-bond donors (Lipinski definition) is 0. The van der Waals surface area contributed by atoms with Crippen LogP contribution >= 0.6 is 11.6 Å². The molecule has 0 aliphatic rings. The van der Waals surface area contributed by atoms with Gasteiger partial charge in [0.2, 0.25) is 5.65 Å². The van der Waals surface area contributed by atoms with Crippen LogP contribution in [0.2, 0.25) is 5.15 Å². The highest BCUT2D eigenvalue weighted by atomic mass is 35.5. The first-order valence-electron chi connectivity index (χ1n) is 6.41. The van der Waals surface area contributed by atoms with Crippen molar-refractivity contribution in [3.63, 3.8) is 0 Å². The molecule has 110 valence electrons. The van der Waals surface area contributed by atoms with E-state index in [-0.39, 0.29) is 5.41 Å². The molecule has 0 spiro atoms. The van der Waals surface area contributed by atoms with Gasteiger partial charge in [0.1, 0.15) is 23.8 Å². The van der Waals surface area contributed by atoms with Gasteiger partial charge in [0.25, 0.3) is 0 Å². The highest BCUT2D eigenvalue weighted by Crippen LogP contribution is 2.24. The molecule has 0 aliphatic heterocycles. The zero-order valence-corrected chi connectivity index (χ0v) is 12.9. The van der Waals surface area contributed by atoms with Gasteiger partial charge in [0, 0.05) is 5.41 Å². The topological polar surface area (TPSA) is 95.4 Å². The van der Waals surface area contributed by atoms with Crippen LogP contribution in [0, 0.1) is 6.92 Å². The predicted molar refractivity (Wildman–Crippen MR) is 75.0 cm³/mol. The minimum absolute atomic E-state index is 0.214. The Morgan fingerprint density at radius 1 is 1.14 bits per heavy atom. The van der Waals surface area contributed by atoms with Crippen molar-refractivity contribution < 1.29 is 4.63 Å². The normalized spacial score (nSPS) is 12.2. The zero-order valence-electron chi connectivity index (χ0n) is 12.1. The van der Waals surface area contributed by atoms with E-state index in [0.717, 1.165) is 0 Å². The van der Waals surface area contributed by atoms with E-state index in [1.165, 1.54) is 4.80 Å². The standard InChI is InChI=1S/C12H14ClN7O/c1-6-7(19-21-18-6)5-20-16-8-9(13)14-11(12(2,3)4)15-10(8)17-20/h5H2,1-4H3. The molecular formula is C12H14ClN7O. The lowest BCUT2D eigenvalue weighted by Gasteiger charge is -2.15. The molecule has 0 bridgehead atoms. The van der Waals surface area contributed by atoms with Crippen molar-refractivity contribution in [2.45, 2.75) is 39.7 Å². The van der Waals surface area contributed by atoms with Gasteiger partial charge < -0.3 is 0 Å². The van der Waals surface area contributed by atoms with Gasteiger partial charge in [-0.3, -0.25) is 0 Å². The van der Waals surface area contributed by atoms with Crippen LogP contribution in [-0.4, -0.2) is 35.3 Å².